The first-order valence-corrected chi connectivity index (χ1v) is 15.9. The summed E-state index contributed by atoms with van der Waals surface area (Å²) >= 11 is 13.4. The molecule has 0 rings (SSSR count). The predicted octanol–water partition coefficient (Wildman–Crippen LogP) is 9.56. The Labute approximate surface area is 229 Å². The highest BCUT2D eigenvalue weighted by molar-refractivity contribution is 6.20. The Morgan fingerprint density at radius 2 is 0.829 bits per heavy atom. The van der Waals surface area contributed by atoms with Crippen LogP contribution in [0, 0.1) is 0 Å². The highest BCUT2D eigenvalue weighted by atomic mass is 35.5. The zero-order chi connectivity index (χ0) is 26.3. The van der Waals surface area contributed by atoms with Crippen molar-refractivity contribution in [1.82, 2.24) is 0 Å². The minimum atomic E-state index is -0.436. The van der Waals surface area contributed by atoms with E-state index in [9.17, 15) is 10.2 Å². The summed E-state index contributed by atoms with van der Waals surface area (Å²) in [6.45, 7) is 8.12. The average molecular weight is 540 g/mol. The minimum Gasteiger partial charge on any atom is -0.393 e. The van der Waals surface area contributed by atoms with Crippen molar-refractivity contribution in [2.24, 2.45) is 0 Å². The summed E-state index contributed by atoms with van der Waals surface area (Å²) < 4.78 is 6.47. The third-order valence-electron chi connectivity index (χ3n) is 6.87. The van der Waals surface area contributed by atoms with Gasteiger partial charge >= 0.3 is 0 Å². The first-order valence-electron chi connectivity index (χ1n) is 15.1. The van der Waals surface area contributed by atoms with Crippen molar-refractivity contribution in [1.29, 1.82) is 0 Å². The predicted molar refractivity (Wildman–Crippen MR) is 155 cm³/mol. The summed E-state index contributed by atoms with van der Waals surface area (Å²) in [6, 6.07) is 0. The molecule has 0 heterocycles. The van der Waals surface area contributed by atoms with Crippen molar-refractivity contribution in [3.05, 3.63) is 0 Å². The van der Waals surface area contributed by atoms with Gasteiger partial charge in [0.25, 0.3) is 0 Å². The van der Waals surface area contributed by atoms with E-state index >= 15 is 0 Å². The maximum Gasteiger partial charge on any atom is 0.0617 e. The lowest BCUT2D eigenvalue weighted by Crippen LogP contribution is -2.31. The van der Waals surface area contributed by atoms with Crippen LogP contribution >= 0.6 is 23.2 Å². The van der Waals surface area contributed by atoms with Gasteiger partial charge in [-0.15, -0.1) is 23.2 Å². The number of rotatable bonds is 26. The fourth-order valence-corrected chi connectivity index (χ4v) is 5.61. The number of unbranched alkanes of at least 4 members (excludes halogenated alkanes) is 12. The fourth-order valence-electron chi connectivity index (χ4n) is 4.90. The Bertz CT molecular complexity index is 396. The van der Waals surface area contributed by atoms with Gasteiger partial charge < -0.3 is 14.9 Å². The minimum absolute atomic E-state index is 0.0566. The first-order chi connectivity index (χ1) is 16.8. The van der Waals surface area contributed by atoms with Crippen molar-refractivity contribution in [3.63, 3.8) is 0 Å². The first kappa shape index (κ1) is 35.5. The van der Waals surface area contributed by atoms with Gasteiger partial charge in [-0.25, -0.2) is 0 Å². The number of aliphatic hydroxyl groups excluding tert-OH is 2. The number of aliphatic hydroxyl groups is 2. The van der Waals surface area contributed by atoms with Crippen molar-refractivity contribution in [3.8, 4) is 0 Å². The van der Waals surface area contributed by atoms with Crippen LogP contribution in [0.5, 0.6) is 0 Å². The van der Waals surface area contributed by atoms with E-state index in [-0.39, 0.29) is 23.0 Å². The number of halogens is 2. The standard InChI is InChI=1S/C30H60Cl2O3/c1-5-7-9-11-13-15-17-19-27(31)23-29(21-25(3)33)35-30(22-26(4)34)24-28(32)20-18-16-14-12-10-8-6-2/h25-30,33-34H,5-24H2,1-4H3. The van der Waals surface area contributed by atoms with Crippen molar-refractivity contribution in [2.45, 2.75) is 191 Å². The van der Waals surface area contributed by atoms with Crippen LogP contribution in [0.2, 0.25) is 0 Å². The maximum absolute atomic E-state index is 10.1. The lowest BCUT2D eigenvalue weighted by molar-refractivity contribution is -0.0574. The molecule has 0 fully saturated rings. The van der Waals surface area contributed by atoms with Gasteiger partial charge in [0, 0.05) is 10.8 Å². The topological polar surface area (TPSA) is 49.7 Å². The molecule has 0 radical (unpaired) electrons. The molecular weight excluding hydrogens is 479 g/mol. The van der Waals surface area contributed by atoms with Crippen molar-refractivity contribution in [2.75, 3.05) is 0 Å². The van der Waals surface area contributed by atoms with Gasteiger partial charge in [0.1, 0.15) is 0 Å². The third-order valence-corrected chi connectivity index (χ3v) is 7.66. The fraction of sp³-hybridized carbons (Fsp3) is 1.00. The van der Waals surface area contributed by atoms with Gasteiger partial charge in [-0.3, -0.25) is 0 Å². The molecule has 0 aromatic carbocycles. The Balaban J connectivity index is 4.50. The summed E-state index contributed by atoms with van der Waals surface area (Å²) in [6.07, 6.45) is 21.5. The molecule has 0 saturated heterocycles. The van der Waals surface area contributed by atoms with E-state index < -0.39 is 12.2 Å². The molecule has 0 saturated carbocycles. The van der Waals surface area contributed by atoms with Crippen LogP contribution in [0.25, 0.3) is 0 Å². The molecular formula is C30H60Cl2O3. The van der Waals surface area contributed by atoms with Gasteiger partial charge in [-0.1, -0.05) is 104 Å². The lowest BCUT2D eigenvalue weighted by Gasteiger charge is -2.29. The van der Waals surface area contributed by atoms with Crippen LogP contribution in [0.3, 0.4) is 0 Å². The lowest BCUT2D eigenvalue weighted by atomic mass is 10.00. The van der Waals surface area contributed by atoms with Gasteiger partial charge in [-0.2, -0.15) is 0 Å². The van der Waals surface area contributed by atoms with Gasteiger partial charge in [0.05, 0.1) is 24.4 Å². The van der Waals surface area contributed by atoms with Crippen LogP contribution in [0.1, 0.15) is 156 Å². The van der Waals surface area contributed by atoms with Crippen molar-refractivity contribution < 1.29 is 14.9 Å². The maximum atomic E-state index is 10.1. The van der Waals surface area contributed by atoms with E-state index in [1.807, 2.05) is 13.8 Å². The molecule has 0 bridgehead atoms. The zero-order valence-electron chi connectivity index (χ0n) is 23.7. The summed E-state index contributed by atoms with van der Waals surface area (Å²) in [5.41, 5.74) is 0. The Hall–Kier alpha value is 0.460. The molecule has 3 nitrogen and oxygen atoms in total. The number of alkyl halides is 2. The number of hydrogen-bond acceptors (Lipinski definition) is 3. The molecule has 6 atom stereocenters. The van der Waals surface area contributed by atoms with Crippen LogP contribution in [0.4, 0.5) is 0 Å². The zero-order valence-corrected chi connectivity index (χ0v) is 25.2. The molecule has 6 unspecified atom stereocenters. The smallest absolute Gasteiger partial charge is 0.0617 e. The van der Waals surface area contributed by atoms with Crippen LogP contribution < -0.4 is 0 Å². The van der Waals surface area contributed by atoms with Gasteiger partial charge in [0.2, 0.25) is 0 Å². The Kier molecular flexibility index (Phi) is 25.1. The molecule has 0 spiro atoms. The van der Waals surface area contributed by atoms with Crippen LogP contribution in [-0.2, 0) is 4.74 Å². The third kappa shape index (κ3) is 24.5. The highest BCUT2D eigenvalue weighted by Crippen LogP contribution is 2.25. The summed E-state index contributed by atoms with van der Waals surface area (Å²) in [4.78, 5) is 0. The molecule has 35 heavy (non-hydrogen) atoms. The molecule has 0 aliphatic carbocycles. The number of hydrogen-bond donors (Lipinski definition) is 2. The monoisotopic (exact) mass is 538 g/mol. The molecule has 0 aliphatic heterocycles. The second-order valence-electron chi connectivity index (χ2n) is 11.0. The van der Waals surface area contributed by atoms with Gasteiger partial charge in [0.15, 0.2) is 0 Å². The second kappa shape index (κ2) is 24.8. The molecule has 5 heteroatoms. The SMILES string of the molecule is CCCCCCCCCC(Cl)CC(CC(C)O)OC(CC(C)O)CC(Cl)CCCCCCCCC. The van der Waals surface area contributed by atoms with Crippen molar-refractivity contribution >= 4 is 23.2 Å². The highest BCUT2D eigenvalue weighted by Gasteiger charge is 2.24. The molecule has 2 N–H and O–H groups in total. The normalized spacial score (nSPS) is 17.1. The molecule has 0 aliphatic rings. The van der Waals surface area contributed by atoms with E-state index in [2.05, 4.69) is 13.8 Å². The van der Waals surface area contributed by atoms with E-state index in [0.717, 1.165) is 38.5 Å². The number of ether oxygens (including phenoxy) is 1. The average Bonchev–Trinajstić information content (AvgIpc) is 2.76. The molecule has 0 amide bonds. The molecule has 0 aromatic heterocycles. The van der Waals surface area contributed by atoms with E-state index in [0.29, 0.717) is 12.8 Å². The van der Waals surface area contributed by atoms with E-state index in [1.54, 1.807) is 0 Å². The molecule has 212 valence electrons. The summed E-state index contributed by atoms with van der Waals surface area (Å²) in [5, 5.41) is 20.2. The van der Waals surface area contributed by atoms with E-state index in [1.165, 1.54) is 77.0 Å². The summed E-state index contributed by atoms with van der Waals surface area (Å²) in [5.74, 6) is 0. The Morgan fingerprint density at radius 3 is 1.14 bits per heavy atom. The second-order valence-corrected chi connectivity index (χ2v) is 12.3. The Morgan fingerprint density at radius 1 is 0.514 bits per heavy atom. The van der Waals surface area contributed by atoms with E-state index in [4.69, 9.17) is 27.9 Å². The summed E-state index contributed by atoms with van der Waals surface area (Å²) in [7, 11) is 0. The molecule has 0 aromatic rings. The largest absolute Gasteiger partial charge is 0.393 e. The van der Waals surface area contributed by atoms with Crippen LogP contribution in [-0.4, -0.2) is 45.4 Å². The quantitative estimate of drug-likeness (QED) is 0.0850. The van der Waals surface area contributed by atoms with Crippen LogP contribution in [0.15, 0.2) is 0 Å². The van der Waals surface area contributed by atoms with Gasteiger partial charge in [-0.05, 0) is 52.4 Å².